The lowest BCUT2D eigenvalue weighted by Crippen LogP contribution is -2.44. The van der Waals surface area contributed by atoms with Crippen LogP contribution in [0.15, 0.2) is 34.0 Å². The Hall–Kier alpha value is -2.92. The van der Waals surface area contributed by atoms with Crippen LogP contribution in [0.4, 0.5) is 37.8 Å². The SMILES string of the molecule is CC1C=C(C(F)(F)F)N=C2C1N=C(C(F)(F)F)N2c1cnc2c(c1)CC(=O)N2. The first kappa shape index (κ1) is 18.4. The first-order valence-electron chi connectivity index (χ1n) is 8.06. The number of aliphatic imine (C=N–C) groups is 2. The number of rotatable bonds is 1. The van der Waals surface area contributed by atoms with Gasteiger partial charge in [-0.05, 0) is 12.1 Å². The van der Waals surface area contributed by atoms with Crippen LogP contribution in [0.2, 0.25) is 0 Å². The Labute approximate surface area is 153 Å². The highest BCUT2D eigenvalue weighted by molar-refractivity contribution is 6.27. The number of alkyl halides is 6. The molecule has 0 radical (unpaired) electrons. The van der Waals surface area contributed by atoms with E-state index < -0.39 is 41.7 Å². The van der Waals surface area contributed by atoms with Gasteiger partial charge in [-0.2, -0.15) is 26.3 Å². The van der Waals surface area contributed by atoms with Gasteiger partial charge in [0.2, 0.25) is 11.7 Å². The molecule has 12 heteroatoms. The summed E-state index contributed by atoms with van der Waals surface area (Å²) >= 11 is 0. The van der Waals surface area contributed by atoms with E-state index in [0.717, 1.165) is 12.3 Å². The minimum atomic E-state index is -4.93. The van der Waals surface area contributed by atoms with E-state index in [4.69, 9.17) is 0 Å². The van der Waals surface area contributed by atoms with Gasteiger partial charge in [0.25, 0.3) is 0 Å². The average molecular weight is 403 g/mol. The van der Waals surface area contributed by atoms with E-state index >= 15 is 0 Å². The van der Waals surface area contributed by atoms with Crippen molar-refractivity contribution >= 4 is 29.1 Å². The number of fused-ring (bicyclic) bond motifs is 2. The van der Waals surface area contributed by atoms with E-state index in [1.165, 1.54) is 13.0 Å². The summed E-state index contributed by atoms with van der Waals surface area (Å²) in [6, 6.07) is 0.0542. The molecule has 0 bridgehead atoms. The molecule has 0 spiro atoms. The average Bonchev–Trinajstić information content (AvgIpc) is 3.12. The van der Waals surface area contributed by atoms with Crippen molar-refractivity contribution in [1.29, 1.82) is 0 Å². The number of hydrogen-bond acceptors (Lipinski definition) is 5. The van der Waals surface area contributed by atoms with Crippen molar-refractivity contribution in [2.24, 2.45) is 15.9 Å². The molecule has 1 N–H and O–H groups in total. The zero-order valence-corrected chi connectivity index (χ0v) is 14.1. The highest BCUT2D eigenvalue weighted by atomic mass is 19.4. The van der Waals surface area contributed by atoms with E-state index in [0.29, 0.717) is 10.5 Å². The minimum Gasteiger partial charge on any atom is -0.310 e. The number of halogens is 6. The fourth-order valence-corrected chi connectivity index (χ4v) is 3.29. The zero-order chi connectivity index (χ0) is 20.4. The second-order valence-electron chi connectivity index (χ2n) is 6.54. The number of carbonyl (C=O) groups is 1. The van der Waals surface area contributed by atoms with E-state index in [2.05, 4.69) is 20.3 Å². The Morgan fingerprint density at radius 3 is 2.54 bits per heavy atom. The van der Waals surface area contributed by atoms with Gasteiger partial charge in [-0.1, -0.05) is 6.92 Å². The number of anilines is 2. The summed E-state index contributed by atoms with van der Waals surface area (Å²) in [4.78, 5) is 23.0. The van der Waals surface area contributed by atoms with Crippen LogP contribution in [-0.4, -0.2) is 41.0 Å². The molecular formula is C16H11F6N5O. The number of hydrogen-bond donors (Lipinski definition) is 1. The van der Waals surface area contributed by atoms with Crippen molar-refractivity contribution in [3.05, 3.63) is 29.6 Å². The summed E-state index contributed by atoms with van der Waals surface area (Å²) in [6.07, 6.45) is -8.04. The molecule has 1 aromatic rings. The predicted octanol–water partition coefficient (Wildman–Crippen LogP) is 3.22. The number of nitrogens with one attached hydrogen (secondary N) is 1. The van der Waals surface area contributed by atoms with Gasteiger partial charge in [-0.25, -0.2) is 9.98 Å². The van der Waals surface area contributed by atoms with E-state index in [1.807, 2.05) is 0 Å². The van der Waals surface area contributed by atoms with E-state index in [9.17, 15) is 31.1 Å². The predicted molar refractivity (Wildman–Crippen MR) is 87.1 cm³/mol. The summed E-state index contributed by atoms with van der Waals surface area (Å²) in [5, 5.41) is 2.44. The van der Waals surface area contributed by atoms with Gasteiger partial charge < -0.3 is 5.32 Å². The Balaban J connectivity index is 1.84. The minimum absolute atomic E-state index is 0.0947. The van der Waals surface area contributed by atoms with Gasteiger partial charge in [-0.3, -0.25) is 14.7 Å². The molecule has 28 heavy (non-hydrogen) atoms. The first-order chi connectivity index (χ1) is 12.9. The maximum absolute atomic E-state index is 13.6. The maximum Gasteiger partial charge on any atom is 0.449 e. The standard InChI is InChI=1S/C16H11F6N5O/c1-6-2-9(15(17,18)19)24-13-11(6)26-14(16(20,21)22)27(13)8-3-7-4-10(28)25-12(7)23-5-8/h2-3,5-6,11H,4H2,1H3,(H,23,25,28). The molecule has 1 amide bonds. The third-order valence-electron chi connectivity index (χ3n) is 4.48. The number of allylic oxidation sites excluding steroid dienone is 1. The highest BCUT2D eigenvalue weighted by Gasteiger charge is 2.51. The van der Waals surface area contributed by atoms with Crippen molar-refractivity contribution in [2.45, 2.75) is 31.7 Å². The van der Waals surface area contributed by atoms with E-state index in [1.54, 1.807) is 0 Å². The molecule has 0 fully saturated rings. The number of aromatic nitrogens is 1. The molecule has 1 aromatic heterocycles. The summed E-state index contributed by atoms with van der Waals surface area (Å²) in [5.74, 6) is -2.98. The number of amides is 1. The third-order valence-corrected chi connectivity index (χ3v) is 4.48. The Kier molecular flexibility index (Phi) is 3.81. The Morgan fingerprint density at radius 2 is 1.89 bits per heavy atom. The Morgan fingerprint density at radius 1 is 1.18 bits per heavy atom. The second kappa shape index (κ2) is 5.79. The summed E-state index contributed by atoms with van der Waals surface area (Å²) in [7, 11) is 0. The quantitative estimate of drug-likeness (QED) is 0.733. The highest BCUT2D eigenvalue weighted by Crippen LogP contribution is 2.39. The van der Waals surface area contributed by atoms with Crippen LogP contribution >= 0.6 is 0 Å². The second-order valence-corrected chi connectivity index (χ2v) is 6.54. The van der Waals surface area contributed by atoms with Gasteiger partial charge in [0.1, 0.15) is 23.4 Å². The van der Waals surface area contributed by atoms with Crippen LogP contribution in [0, 0.1) is 5.92 Å². The molecule has 0 saturated heterocycles. The molecule has 0 aromatic carbocycles. The summed E-state index contributed by atoms with van der Waals surface area (Å²) in [5.41, 5.74) is -1.10. The topological polar surface area (TPSA) is 70.0 Å². The third kappa shape index (κ3) is 2.92. The molecule has 6 nitrogen and oxygen atoms in total. The van der Waals surface area contributed by atoms with Gasteiger partial charge >= 0.3 is 12.4 Å². The lowest BCUT2D eigenvalue weighted by atomic mass is 9.97. The van der Waals surface area contributed by atoms with Gasteiger partial charge in [-0.15, -0.1) is 0 Å². The lowest BCUT2D eigenvalue weighted by molar-refractivity contribution is -0.115. The van der Waals surface area contributed by atoms with Crippen LogP contribution in [0.1, 0.15) is 12.5 Å². The largest absolute Gasteiger partial charge is 0.449 e. The van der Waals surface area contributed by atoms with Crippen LogP contribution in [0.3, 0.4) is 0 Å². The zero-order valence-electron chi connectivity index (χ0n) is 14.1. The molecule has 4 heterocycles. The fourth-order valence-electron chi connectivity index (χ4n) is 3.29. The molecule has 3 aliphatic rings. The molecule has 2 unspecified atom stereocenters. The van der Waals surface area contributed by atoms with Crippen molar-refractivity contribution < 1.29 is 31.1 Å². The summed E-state index contributed by atoms with van der Waals surface area (Å²) in [6.45, 7) is 1.34. The fraction of sp³-hybridized carbons (Fsp3) is 0.375. The Bertz CT molecular complexity index is 961. The van der Waals surface area contributed by atoms with Gasteiger partial charge in [0.15, 0.2) is 0 Å². The molecule has 0 aliphatic carbocycles. The lowest BCUT2D eigenvalue weighted by Gasteiger charge is -2.28. The van der Waals surface area contributed by atoms with Gasteiger partial charge in [0, 0.05) is 11.5 Å². The molecular weight excluding hydrogens is 392 g/mol. The van der Waals surface area contributed by atoms with Crippen LogP contribution in [-0.2, 0) is 11.2 Å². The van der Waals surface area contributed by atoms with Crippen LogP contribution in [0.5, 0.6) is 0 Å². The van der Waals surface area contributed by atoms with Gasteiger partial charge in [0.05, 0.1) is 18.3 Å². The molecule has 4 rings (SSSR count). The molecule has 2 atom stereocenters. The number of carbonyl (C=O) groups excluding carboxylic acids is 1. The van der Waals surface area contributed by atoms with Crippen LogP contribution in [0.25, 0.3) is 0 Å². The monoisotopic (exact) mass is 403 g/mol. The van der Waals surface area contributed by atoms with E-state index in [-0.39, 0.29) is 23.8 Å². The normalized spacial score (nSPS) is 24.3. The van der Waals surface area contributed by atoms with Crippen LogP contribution < -0.4 is 10.2 Å². The van der Waals surface area contributed by atoms with Crippen molar-refractivity contribution in [1.82, 2.24) is 4.98 Å². The number of pyridine rings is 1. The molecule has 0 saturated carbocycles. The van der Waals surface area contributed by atoms with Crippen molar-refractivity contribution in [3.8, 4) is 0 Å². The maximum atomic E-state index is 13.6. The number of amidine groups is 2. The molecule has 3 aliphatic heterocycles. The molecule has 148 valence electrons. The number of nitrogens with zero attached hydrogens (tertiary/aromatic N) is 4. The van der Waals surface area contributed by atoms with Crippen molar-refractivity contribution in [3.63, 3.8) is 0 Å². The first-order valence-corrected chi connectivity index (χ1v) is 8.06. The van der Waals surface area contributed by atoms with Crippen molar-refractivity contribution in [2.75, 3.05) is 10.2 Å². The summed E-state index contributed by atoms with van der Waals surface area (Å²) < 4.78 is 80.2. The smallest absolute Gasteiger partial charge is 0.310 e.